The predicted molar refractivity (Wildman–Crippen MR) is 79.7 cm³/mol. The average Bonchev–Trinajstić information content (AvgIpc) is 2.89. The van der Waals surface area contributed by atoms with E-state index in [0.29, 0.717) is 18.3 Å². The number of rotatable bonds is 4. The fraction of sp³-hybridized carbons (Fsp3) is 0.733. The van der Waals surface area contributed by atoms with Crippen LogP contribution in [0.4, 0.5) is 5.82 Å². The second kappa shape index (κ2) is 5.67. The zero-order valence-corrected chi connectivity index (χ0v) is 12.6. The molecule has 116 valence electrons. The molecule has 1 aliphatic carbocycles. The first kappa shape index (κ1) is 14.4. The molecular weight excluding hydrogens is 268 g/mol. The fourth-order valence-corrected chi connectivity index (χ4v) is 3.35. The van der Waals surface area contributed by atoms with Gasteiger partial charge in [0.1, 0.15) is 5.82 Å². The topological polar surface area (TPSA) is 73.4 Å². The molecule has 2 aliphatic rings. The summed E-state index contributed by atoms with van der Waals surface area (Å²) in [6.45, 7) is 1.59. The van der Waals surface area contributed by atoms with E-state index in [1.807, 2.05) is 21.8 Å². The highest BCUT2D eigenvalue weighted by Gasteiger charge is 2.40. The summed E-state index contributed by atoms with van der Waals surface area (Å²) in [7, 11) is 1.72. The maximum atomic E-state index is 12.4. The molecule has 6 nitrogen and oxygen atoms in total. The highest BCUT2D eigenvalue weighted by Crippen LogP contribution is 2.38. The van der Waals surface area contributed by atoms with E-state index in [9.17, 15) is 4.79 Å². The van der Waals surface area contributed by atoms with E-state index in [1.54, 1.807) is 7.11 Å². The molecule has 6 heteroatoms. The third-order valence-electron chi connectivity index (χ3n) is 4.99. The van der Waals surface area contributed by atoms with Crippen LogP contribution in [0.2, 0.25) is 0 Å². The molecule has 3 rings (SSSR count). The van der Waals surface area contributed by atoms with Crippen LogP contribution in [0.3, 0.4) is 0 Å². The first-order valence-corrected chi connectivity index (χ1v) is 7.75. The van der Waals surface area contributed by atoms with Gasteiger partial charge in [0.25, 0.3) is 0 Å². The van der Waals surface area contributed by atoms with Crippen molar-refractivity contribution in [2.24, 2.45) is 0 Å². The van der Waals surface area contributed by atoms with Gasteiger partial charge in [-0.3, -0.25) is 9.48 Å². The van der Waals surface area contributed by atoms with E-state index >= 15 is 0 Å². The molecule has 0 spiro atoms. The van der Waals surface area contributed by atoms with Gasteiger partial charge in [0.15, 0.2) is 0 Å². The van der Waals surface area contributed by atoms with Gasteiger partial charge in [0.05, 0.1) is 18.1 Å². The van der Waals surface area contributed by atoms with Gasteiger partial charge < -0.3 is 15.4 Å². The van der Waals surface area contributed by atoms with Gasteiger partial charge in [-0.05, 0) is 38.2 Å². The van der Waals surface area contributed by atoms with Crippen LogP contribution in [0.15, 0.2) is 12.3 Å². The number of ether oxygens (including phenoxy) is 1. The van der Waals surface area contributed by atoms with Gasteiger partial charge in [-0.25, -0.2) is 0 Å². The molecule has 0 aromatic carbocycles. The summed E-state index contributed by atoms with van der Waals surface area (Å²) in [6, 6.07) is 2.17. The molecule has 0 bridgehead atoms. The molecule has 1 saturated heterocycles. The number of piperidine rings is 1. The molecule has 0 unspecified atom stereocenters. The lowest BCUT2D eigenvalue weighted by Gasteiger charge is -2.42. The largest absolute Gasteiger partial charge is 0.382 e. The highest BCUT2D eigenvalue weighted by molar-refractivity contribution is 5.77. The van der Waals surface area contributed by atoms with Crippen LogP contribution in [0.5, 0.6) is 0 Å². The van der Waals surface area contributed by atoms with E-state index in [1.165, 1.54) is 6.42 Å². The van der Waals surface area contributed by atoms with Gasteiger partial charge >= 0.3 is 0 Å². The van der Waals surface area contributed by atoms with Crippen LogP contribution >= 0.6 is 0 Å². The fourth-order valence-electron chi connectivity index (χ4n) is 3.35. The van der Waals surface area contributed by atoms with E-state index in [4.69, 9.17) is 10.5 Å². The molecule has 1 aromatic rings. The predicted octanol–water partition coefficient (Wildman–Crippen LogP) is 1.59. The van der Waals surface area contributed by atoms with E-state index < -0.39 is 0 Å². The number of carbonyl (C=O) groups excluding carboxylic acids is 1. The lowest BCUT2D eigenvalue weighted by Crippen LogP contribution is -2.47. The van der Waals surface area contributed by atoms with Crippen molar-refractivity contribution >= 4 is 11.7 Å². The Labute approximate surface area is 125 Å². The number of hydrogen-bond acceptors (Lipinski definition) is 4. The number of nitrogen functional groups attached to an aromatic ring is 1. The molecular formula is C15H24N4O2. The third-order valence-corrected chi connectivity index (χ3v) is 4.99. The van der Waals surface area contributed by atoms with Crippen molar-refractivity contribution in [3.8, 4) is 0 Å². The Kier molecular flexibility index (Phi) is 3.89. The summed E-state index contributed by atoms with van der Waals surface area (Å²) in [5, 5.41) is 4.27. The molecule has 21 heavy (non-hydrogen) atoms. The zero-order chi connectivity index (χ0) is 14.9. The maximum absolute atomic E-state index is 12.4. The Morgan fingerprint density at radius 1 is 1.48 bits per heavy atom. The Balaban J connectivity index is 1.52. The SMILES string of the molecule is COC1(CC(=O)N2CCC(n3ccc(N)n3)CC2)CCC1. The van der Waals surface area contributed by atoms with Gasteiger partial charge in [-0.15, -0.1) is 0 Å². The van der Waals surface area contributed by atoms with Crippen molar-refractivity contribution < 1.29 is 9.53 Å². The number of nitrogens with zero attached hydrogens (tertiary/aromatic N) is 3. The van der Waals surface area contributed by atoms with Crippen LogP contribution in [0.25, 0.3) is 0 Å². The van der Waals surface area contributed by atoms with Crippen LogP contribution in [-0.2, 0) is 9.53 Å². The van der Waals surface area contributed by atoms with Crippen molar-refractivity contribution in [2.75, 3.05) is 25.9 Å². The lowest BCUT2D eigenvalue weighted by molar-refractivity contribution is -0.145. The quantitative estimate of drug-likeness (QED) is 0.914. The summed E-state index contributed by atoms with van der Waals surface area (Å²) in [5.74, 6) is 0.788. The molecule has 0 radical (unpaired) electrons. The molecule has 2 N–H and O–H groups in total. The second-order valence-corrected chi connectivity index (χ2v) is 6.25. The number of aromatic nitrogens is 2. The average molecular weight is 292 g/mol. The number of hydrogen-bond donors (Lipinski definition) is 1. The van der Waals surface area contributed by atoms with E-state index in [0.717, 1.165) is 38.8 Å². The highest BCUT2D eigenvalue weighted by atomic mass is 16.5. The smallest absolute Gasteiger partial charge is 0.225 e. The Bertz CT molecular complexity index is 496. The molecule has 2 heterocycles. The van der Waals surface area contributed by atoms with Gasteiger partial charge in [-0.1, -0.05) is 0 Å². The van der Waals surface area contributed by atoms with E-state index in [-0.39, 0.29) is 11.5 Å². The molecule has 1 aliphatic heterocycles. The zero-order valence-electron chi connectivity index (χ0n) is 12.6. The van der Waals surface area contributed by atoms with Crippen molar-refractivity contribution in [3.63, 3.8) is 0 Å². The van der Waals surface area contributed by atoms with E-state index in [2.05, 4.69) is 5.10 Å². The van der Waals surface area contributed by atoms with Crippen molar-refractivity contribution in [3.05, 3.63) is 12.3 Å². The number of carbonyl (C=O) groups is 1. The summed E-state index contributed by atoms with van der Waals surface area (Å²) >= 11 is 0. The van der Waals surface area contributed by atoms with Gasteiger partial charge in [0.2, 0.25) is 5.91 Å². The van der Waals surface area contributed by atoms with Gasteiger partial charge in [-0.2, -0.15) is 5.10 Å². The summed E-state index contributed by atoms with van der Waals surface area (Å²) in [4.78, 5) is 14.4. The van der Waals surface area contributed by atoms with Crippen molar-refractivity contribution in [1.82, 2.24) is 14.7 Å². The van der Waals surface area contributed by atoms with Crippen LogP contribution in [0, 0.1) is 0 Å². The van der Waals surface area contributed by atoms with Gasteiger partial charge in [0, 0.05) is 26.4 Å². The molecule has 1 saturated carbocycles. The summed E-state index contributed by atoms with van der Waals surface area (Å²) < 4.78 is 7.48. The molecule has 1 amide bonds. The Hall–Kier alpha value is -1.56. The number of nitrogens with two attached hydrogens (primary N) is 1. The Morgan fingerprint density at radius 3 is 2.67 bits per heavy atom. The number of likely N-dealkylation sites (tertiary alicyclic amines) is 1. The van der Waals surface area contributed by atoms with Crippen LogP contribution in [-0.4, -0.2) is 46.4 Å². The first-order chi connectivity index (χ1) is 10.1. The maximum Gasteiger partial charge on any atom is 0.225 e. The number of amides is 1. The molecule has 1 aromatic heterocycles. The minimum Gasteiger partial charge on any atom is -0.382 e. The van der Waals surface area contributed by atoms with Crippen molar-refractivity contribution in [2.45, 2.75) is 50.2 Å². The minimum atomic E-state index is -0.176. The second-order valence-electron chi connectivity index (χ2n) is 6.25. The van der Waals surface area contributed by atoms with Crippen molar-refractivity contribution in [1.29, 1.82) is 0 Å². The third kappa shape index (κ3) is 2.90. The normalized spacial score (nSPS) is 22.0. The standard InChI is InChI=1S/C15H24N4O2/c1-21-15(6-2-7-15)11-14(20)18-8-3-12(4-9-18)19-10-5-13(16)17-19/h5,10,12H,2-4,6-9,11H2,1H3,(H2,16,17). The lowest BCUT2D eigenvalue weighted by atomic mass is 9.77. The summed E-state index contributed by atoms with van der Waals surface area (Å²) in [5.41, 5.74) is 5.48. The minimum absolute atomic E-state index is 0.176. The monoisotopic (exact) mass is 292 g/mol. The first-order valence-electron chi connectivity index (χ1n) is 7.75. The van der Waals surface area contributed by atoms with Crippen LogP contribution < -0.4 is 5.73 Å². The van der Waals surface area contributed by atoms with Crippen LogP contribution in [0.1, 0.15) is 44.6 Å². The Morgan fingerprint density at radius 2 is 2.19 bits per heavy atom. The molecule has 0 atom stereocenters. The number of methoxy groups -OCH3 is 1. The number of anilines is 1. The molecule has 2 fully saturated rings. The summed E-state index contributed by atoms with van der Waals surface area (Å²) in [6.07, 6.45) is 7.52.